The van der Waals surface area contributed by atoms with Crippen molar-refractivity contribution in [3.63, 3.8) is 0 Å². The van der Waals surface area contributed by atoms with Crippen LogP contribution in [-0.4, -0.2) is 6.04 Å². The number of rotatable bonds is 5. The Hall–Kier alpha value is -1.60. The Morgan fingerprint density at radius 1 is 0.955 bits per heavy atom. The number of nitrogens with one attached hydrogen (secondary N) is 1. The molecule has 1 unspecified atom stereocenters. The van der Waals surface area contributed by atoms with Crippen LogP contribution in [0.15, 0.2) is 48.5 Å². The SMILES string of the molecule is CCC(C)NCc1cccc(-c2ccc(C(C)(C)C)cc2)c1. The fourth-order valence-corrected chi connectivity index (χ4v) is 2.46. The standard InChI is InChI=1S/C21H29N/c1-6-16(2)22-15-17-8-7-9-19(14-17)18-10-12-20(13-11-18)21(3,4)5/h7-14,16,22H,6,15H2,1-5H3. The molecule has 1 atom stereocenters. The quantitative estimate of drug-likeness (QED) is 0.763. The average Bonchev–Trinajstić information content (AvgIpc) is 2.52. The topological polar surface area (TPSA) is 12.0 Å². The van der Waals surface area contributed by atoms with E-state index in [0.29, 0.717) is 6.04 Å². The van der Waals surface area contributed by atoms with Gasteiger partial charge in [-0.1, -0.05) is 70.2 Å². The maximum absolute atomic E-state index is 3.56. The molecule has 0 aliphatic heterocycles. The van der Waals surface area contributed by atoms with Crippen LogP contribution < -0.4 is 5.32 Å². The van der Waals surface area contributed by atoms with Crippen LogP contribution in [0.5, 0.6) is 0 Å². The van der Waals surface area contributed by atoms with E-state index in [2.05, 4.69) is 88.5 Å². The molecule has 0 heterocycles. The van der Waals surface area contributed by atoms with Gasteiger partial charge in [-0.3, -0.25) is 0 Å². The van der Waals surface area contributed by atoms with Crippen molar-refractivity contribution in [2.75, 3.05) is 0 Å². The van der Waals surface area contributed by atoms with Crippen molar-refractivity contribution in [2.45, 2.75) is 59.0 Å². The summed E-state index contributed by atoms with van der Waals surface area (Å²) in [7, 11) is 0. The first kappa shape index (κ1) is 16.8. The van der Waals surface area contributed by atoms with Gasteiger partial charge in [-0.2, -0.15) is 0 Å². The Labute approximate surface area is 135 Å². The summed E-state index contributed by atoms with van der Waals surface area (Å²) in [6.45, 7) is 12.1. The molecule has 0 saturated heterocycles. The zero-order chi connectivity index (χ0) is 16.2. The third-order valence-electron chi connectivity index (χ3n) is 4.28. The molecular weight excluding hydrogens is 266 g/mol. The fraction of sp³-hybridized carbons (Fsp3) is 0.429. The predicted molar refractivity (Wildman–Crippen MR) is 97.2 cm³/mol. The molecular formula is C21H29N. The Morgan fingerprint density at radius 2 is 1.64 bits per heavy atom. The van der Waals surface area contributed by atoms with Crippen molar-refractivity contribution in [1.29, 1.82) is 0 Å². The summed E-state index contributed by atoms with van der Waals surface area (Å²) >= 11 is 0. The van der Waals surface area contributed by atoms with Crippen molar-refractivity contribution in [2.24, 2.45) is 0 Å². The summed E-state index contributed by atoms with van der Waals surface area (Å²) in [4.78, 5) is 0. The highest BCUT2D eigenvalue weighted by atomic mass is 14.9. The lowest BCUT2D eigenvalue weighted by atomic mass is 9.86. The Balaban J connectivity index is 2.15. The third-order valence-corrected chi connectivity index (χ3v) is 4.28. The largest absolute Gasteiger partial charge is 0.310 e. The second-order valence-corrected chi connectivity index (χ2v) is 7.22. The lowest BCUT2D eigenvalue weighted by molar-refractivity contribution is 0.534. The first-order valence-electron chi connectivity index (χ1n) is 8.33. The van der Waals surface area contributed by atoms with Crippen LogP contribution in [0.25, 0.3) is 11.1 Å². The van der Waals surface area contributed by atoms with Crippen molar-refractivity contribution < 1.29 is 0 Å². The van der Waals surface area contributed by atoms with Gasteiger partial charge >= 0.3 is 0 Å². The van der Waals surface area contributed by atoms with Gasteiger partial charge in [-0.05, 0) is 47.1 Å². The number of benzene rings is 2. The van der Waals surface area contributed by atoms with E-state index in [1.54, 1.807) is 0 Å². The van der Waals surface area contributed by atoms with Crippen LogP contribution in [-0.2, 0) is 12.0 Å². The van der Waals surface area contributed by atoms with Crippen LogP contribution in [0, 0.1) is 0 Å². The van der Waals surface area contributed by atoms with E-state index < -0.39 is 0 Å². The van der Waals surface area contributed by atoms with Crippen molar-refractivity contribution in [3.05, 3.63) is 59.7 Å². The highest BCUT2D eigenvalue weighted by molar-refractivity contribution is 5.64. The van der Waals surface area contributed by atoms with Gasteiger partial charge in [0.05, 0.1) is 0 Å². The molecule has 0 aliphatic carbocycles. The summed E-state index contributed by atoms with van der Waals surface area (Å²) in [6, 6.07) is 18.4. The Kier molecular flexibility index (Phi) is 5.42. The highest BCUT2D eigenvalue weighted by Gasteiger charge is 2.13. The normalized spacial score (nSPS) is 13.1. The maximum Gasteiger partial charge on any atom is 0.0208 e. The average molecular weight is 295 g/mol. The molecule has 22 heavy (non-hydrogen) atoms. The van der Waals surface area contributed by atoms with Crippen molar-refractivity contribution in [3.8, 4) is 11.1 Å². The van der Waals surface area contributed by atoms with Crippen LogP contribution in [0.2, 0.25) is 0 Å². The van der Waals surface area contributed by atoms with Crippen LogP contribution >= 0.6 is 0 Å². The minimum atomic E-state index is 0.209. The van der Waals surface area contributed by atoms with E-state index in [0.717, 1.165) is 13.0 Å². The Bertz CT molecular complexity index is 590. The van der Waals surface area contributed by atoms with Crippen LogP contribution in [0.4, 0.5) is 0 Å². The maximum atomic E-state index is 3.56. The molecule has 1 heteroatoms. The minimum Gasteiger partial charge on any atom is -0.310 e. The fourth-order valence-electron chi connectivity index (χ4n) is 2.46. The van der Waals surface area contributed by atoms with Gasteiger partial charge < -0.3 is 5.32 Å². The molecule has 0 fully saturated rings. The van der Waals surface area contributed by atoms with E-state index in [4.69, 9.17) is 0 Å². The zero-order valence-electron chi connectivity index (χ0n) is 14.6. The molecule has 0 saturated carbocycles. The summed E-state index contributed by atoms with van der Waals surface area (Å²) in [6.07, 6.45) is 1.16. The zero-order valence-corrected chi connectivity index (χ0v) is 14.6. The minimum absolute atomic E-state index is 0.209. The van der Waals surface area contributed by atoms with Crippen LogP contribution in [0.1, 0.15) is 52.2 Å². The first-order chi connectivity index (χ1) is 10.4. The van der Waals surface area contributed by atoms with Crippen molar-refractivity contribution in [1.82, 2.24) is 5.32 Å². The smallest absolute Gasteiger partial charge is 0.0208 e. The lowest BCUT2D eigenvalue weighted by Crippen LogP contribution is -2.24. The van der Waals surface area contributed by atoms with Gasteiger partial charge in [0.2, 0.25) is 0 Å². The predicted octanol–water partition coefficient (Wildman–Crippen LogP) is 5.54. The molecule has 2 aromatic rings. The molecule has 2 rings (SSSR count). The molecule has 0 aromatic heterocycles. The van der Waals surface area contributed by atoms with E-state index in [1.807, 2.05) is 0 Å². The van der Waals surface area contributed by atoms with Gasteiger partial charge in [0.1, 0.15) is 0 Å². The molecule has 2 aromatic carbocycles. The molecule has 0 aliphatic rings. The van der Waals surface area contributed by atoms with Gasteiger partial charge in [-0.25, -0.2) is 0 Å². The molecule has 118 valence electrons. The molecule has 1 N–H and O–H groups in total. The van der Waals surface area contributed by atoms with Gasteiger partial charge in [0, 0.05) is 12.6 Å². The summed E-state index contributed by atoms with van der Waals surface area (Å²) in [5.74, 6) is 0. The van der Waals surface area contributed by atoms with E-state index in [9.17, 15) is 0 Å². The molecule has 1 nitrogen and oxygen atoms in total. The first-order valence-corrected chi connectivity index (χ1v) is 8.33. The van der Waals surface area contributed by atoms with Gasteiger partial charge in [0.15, 0.2) is 0 Å². The molecule has 0 bridgehead atoms. The summed E-state index contributed by atoms with van der Waals surface area (Å²) in [5.41, 5.74) is 5.52. The van der Waals surface area contributed by atoms with Gasteiger partial charge in [0.25, 0.3) is 0 Å². The van der Waals surface area contributed by atoms with Crippen LogP contribution in [0.3, 0.4) is 0 Å². The monoisotopic (exact) mass is 295 g/mol. The number of hydrogen-bond donors (Lipinski definition) is 1. The second-order valence-electron chi connectivity index (χ2n) is 7.22. The number of hydrogen-bond acceptors (Lipinski definition) is 1. The summed E-state index contributed by atoms with van der Waals surface area (Å²) < 4.78 is 0. The molecule has 0 amide bonds. The highest BCUT2D eigenvalue weighted by Crippen LogP contribution is 2.26. The Morgan fingerprint density at radius 3 is 2.23 bits per heavy atom. The van der Waals surface area contributed by atoms with E-state index in [1.165, 1.54) is 22.3 Å². The van der Waals surface area contributed by atoms with Crippen molar-refractivity contribution >= 4 is 0 Å². The van der Waals surface area contributed by atoms with Gasteiger partial charge in [-0.15, -0.1) is 0 Å². The van der Waals surface area contributed by atoms with E-state index >= 15 is 0 Å². The molecule has 0 spiro atoms. The third kappa shape index (κ3) is 4.45. The molecule has 0 radical (unpaired) electrons. The second kappa shape index (κ2) is 7.11. The lowest BCUT2D eigenvalue weighted by Gasteiger charge is -2.19. The van der Waals surface area contributed by atoms with E-state index in [-0.39, 0.29) is 5.41 Å². The summed E-state index contributed by atoms with van der Waals surface area (Å²) in [5, 5.41) is 3.56.